The summed E-state index contributed by atoms with van der Waals surface area (Å²) in [5.74, 6) is -0.444. The topological polar surface area (TPSA) is 20.3 Å². The fraction of sp³-hybridized carbons (Fsp3) is 0.300. The van der Waals surface area contributed by atoms with E-state index in [0.29, 0.717) is 18.7 Å². The number of carbonyl (C=O) groups is 1. The Bertz CT molecular complexity index is 410. The zero-order valence-corrected chi connectivity index (χ0v) is 10.9. The van der Waals surface area contributed by atoms with E-state index in [0.717, 1.165) is 4.47 Å². The van der Waals surface area contributed by atoms with Crippen molar-refractivity contribution in [3.05, 3.63) is 28.5 Å². The minimum atomic E-state index is -0.367. The fourth-order valence-corrected chi connectivity index (χ4v) is 2.38. The van der Waals surface area contributed by atoms with Gasteiger partial charge >= 0.3 is 0 Å². The molecule has 1 aliphatic rings. The maximum Gasteiger partial charge on any atom is 0.240 e. The molecule has 0 N–H and O–H groups in total. The van der Waals surface area contributed by atoms with Crippen LogP contribution in [0.25, 0.3) is 0 Å². The molecule has 0 aliphatic carbocycles. The Morgan fingerprint density at radius 1 is 1.47 bits per heavy atom. The minimum Gasteiger partial charge on any atom is -0.309 e. The van der Waals surface area contributed by atoms with Gasteiger partial charge in [0.15, 0.2) is 0 Å². The van der Waals surface area contributed by atoms with E-state index in [-0.39, 0.29) is 16.6 Å². The second-order valence-corrected chi connectivity index (χ2v) is 5.36. The third-order valence-corrected chi connectivity index (χ3v) is 3.68. The summed E-state index contributed by atoms with van der Waals surface area (Å²) in [4.78, 5) is 13.0. The number of amides is 1. The summed E-state index contributed by atoms with van der Waals surface area (Å²) in [5, 5.41) is 0. The smallest absolute Gasteiger partial charge is 0.240 e. The third-order valence-electron chi connectivity index (χ3n) is 2.34. The highest BCUT2D eigenvalue weighted by molar-refractivity contribution is 9.10. The lowest BCUT2D eigenvalue weighted by Gasteiger charge is -2.16. The first kappa shape index (κ1) is 11.1. The normalized spacial score (nSPS) is 21.1. The molecule has 1 unspecified atom stereocenters. The van der Waals surface area contributed by atoms with Crippen LogP contribution in [0.2, 0.25) is 0 Å². The Labute approximate surface area is 104 Å². The van der Waals surface area contributed by atoms with E-state index in [2.05, 4.69) is 31.9 Å². The van der Waals surface area contributed by atoms with Crippen molar-refractivity contribution >= 4 is 43.5 Å². The number of hydrogen-bond donors (Lipinski definition) is 0. The lowest BCUT2D eigenvalue weighted by Crippen LogP contribution is -2.27. The van der Waals surface area contributed by atoms with Gasteiger partial charge in [0.05, 0.1) is 10.5 Å². The van der Waals surface area contributed by atoms with E-state index in [9.17, 15) is 9.18 Å². The van der Waals surface area contributed by atoms with Crippen LogP contribution in [-0.4, -0.2) is 17.3 Å². The Morgan fingerprint density at radius 2 is 2.20 bits per heavy atom. The Morgan fingerprint density at radius 3 is 2.80 bits per heavy atom. The summed E-state index contributed by atoms with van der Waals surface area (Å²) in [6.07, 6.45) is 0.713. The number of carbonyl (C=O) groups excluding carboxylic acids is 1. The van der Waals surface area contributed by atoms with Crippen molar-refractivity contribution in [1.29, 1.82) is 0 Å². The standard InChI is InChI=1S/C10H8Br2FNO/c11-6-1-2-8(13)9(5-6)14-4-3-7(12)10(14)15/h1-2,5,7H,3-4H2. The largest absolute Gasteiger partial charge is 0.309 e. The molecule has 1 amide bonds. The molecule has 1 fully saturated rings. The van der Waals surface area contributed by atoms with E-state index in [1.165, 1.54) is 11.0 Å². The second kappa shape index (κ2) is 4.22. The number of rotatable bonds is 1. The maximum atomic E-state index is 13.5. The molecule has 1 aromatic rings. The van der Waals surface area contributed by atoms with Crippen molar-refractivity contribution in [1.82, 2.24) is 0 Å². The summed E-state index contributed by atoms with van der Waals surface area (Å²) in [7, 11) is 0. The van der Waals surface area contributed by atoms with Crippen LogP contribution >= 0.6 is 31.9 Å². The van der Waals surface area contributed by atoms with Gasteiger partial charge in [-0.15, -0.1) is 0 Å². The molecule has 0 radical (unpaired) electrons. The third kappa shape index (κ3) is 2.08. The van der Waals surface area contributed by atoms with Gasteiger partial charge < -0.3 is 4.90 Å². The molecule has 15 heavy (non-hydrogen) atoms. The average molecular weight is 337 g/mol. The first-order valence-corrected chi connectivity index (χ1v) is 6.21. The highest BCUT2D eigenvalue weighted by atomic mass is 79.9. The number of alkyl halides is 1. The summed E-state index contributed by atoms with van der Waals surface area (Å²) < 4.78 is 14.3. The van der Waals surface area contributed by atoms with Crippen LogP contribution in [-0.2, 0) is 4.79 Å². The average Bonchev–Trinajstić information content (AvgIpc) is 2.52. The molecule has 0 bridgehead atoms. The lowest BCUT2D eigenvalue weighted by molar-refractivity contribution is -0.116. The van der Waals surface area contributed by atoms with Gasteiger partial charge in [-0.05, 0) is 24.6 Å². The van der Waals surface area contributed by atoms with Crippen LogP contribution in [0.3, 0.4) is 0 Å². The van der Waals surface area contributed by atoms with Crippen LogP contribution in [0.1, 0.15) is 6.42 Å². The Hall–Kier alpha value is -0.420. The number of nitrogens with zero attached hydrogens (tertiary/aromatic N) is 1. The molecular formula is C10H8Br2FNO. The van der Waals surface area contributed by atoms with Gasteiger partial charge in [0.2, 0.25) is 5.91 Å². The first-order valence-electron chi connectivity index (χ1n) is 4.50. The van der Waals surface area contributed by atoms with Crippen molar-refractivity contribution < 1.29 is 9.18 Å². The van der Waals surface area contributed by atoms with E-state index >= 15 is 0 Å². The fourth-order valence-electron chi connectivity index (χ4n) is 1.58. The Kier molecular flexibility index (Phi) is 3.11. The van der Waals surface area contributed by atoms with Gasteiger partial charge in [-0.1, -0.05) is 31.9 Å². The molecule has 0 spiro atoms. The van der Waals surface area contributed by atoms with E-state index in [1.807, 2.05) is 0 Å². The van der Waals surface area contributed by atoms with Crippen LogP contribution in [0.5, 0.6) is 0 Å². The van der Waals surface area contributed by atoms with Gasteiger partial charge in [0, 0.05) is 11.0 Å². The van der Waals surface area contributed by atoms with Crippen molar-refractivity contribution in [2.75, 3.05) is 11.4 Å². The zero-order valence-electron chi connectivity index (χ0n) is 7.71. The minimum absolute atomic E-state index is 0.0769. The molecule has 5 heteroatoms. The van der Waals surface area contributed by atoms with Crippen LogP contribution in [0.15, 0.2) is 22.7 Å². The molecule has 80 valence electrons. The number of halogens is 3. The van der Waals surface area contributed by atoms with Crippen LogP contribution in [0, 0.1) is 5.82 Å². The highest BCUT2D eigenvalue weighted by Gasteiger charge is 2.31. The Balaban J connectivity index is 2.37. The van der Waals surface area contributed by atoms with Crippen molar-refractivity contribution in [2.24, 2.45) is 0 Å². The molecule has 1 saturated heterocycles. The first-order chi connectivity index (χ1) is 7.09. The molecule has 1 aromatic carbocycles. The van der Waals surface area contributed by atoms with Crippen molar-refractivity contribution in [3.63, 3.8) is 0 Å². The van der Waals surface area contributed by atoms with Gasteiger partial charge in [0.25, 0.3) is 0 Å². The molecule has 0 aromatic heterocycles. The van der Waals surface area contributed by atoms with Gasteiger partial charge in [0.1, 0.15) is 5.82 Å². The molecule has 1 aliphatic heterocycles. The summed E-state index contributed by atoms with van der Waals surface area (Å²) >= 11 is 6.52. The molecule has 1 heterocycles. The predicted octanol–water partition coefficient (Wildman–Crippen LogP) is 3.09. The number of anilines is 1. The number of hydrogen-bond acceptors (Lipinski definition) is 1. The molecule has 1 atom stereocenters. The van der Waals surface area contributed by atoms with E-state index in [1.54, 1.807) is 12.1 Å². The van der Waals surface area contributed by atoms with Gasteiger partial charge in [-0.3, -0.25) is 4.79 Å². The zero-order chi connectivity index (χ0) is 11.0. The monoisotopic (exact) mass is 335 g/mol. The predicted molar refractivity (Wildman–Crippen MR) is 63.8 cm³/mol. The quantitative estimate of drug-likeness (QED) is 0.722. The summed E-state index contributed by atoms with van der Waals surface area (Å²) in [6, 6.07) is 4.59. The van der Waals surface area contributed by atoms with Gasteiger partial charge in [-0.2, -0.15) is 0 Å². The van der Waals surface area contributed by atoms with Crippen LogP contribution in [0.4, 0.5) is 10.1 Å². The van der Waals surface area contributed by atoms with Gasteiger partial charge in [-0.25, -0.2) is 4.39 Å². The number of benzene rings is 1. The summed E-state index contributed by atoms with van der Waals surface area (Å²) in [6.45, 7) is 0.558. The lowest BCUT2D eigenvalue weighted by atomic mass is 10.3. The van der Waals surface area contributed by atoms with E-state index in [4.69, 9.17) is 0 Å². The van der Waals surface area contributed by atoms with Crippen LogP contribution < -0.4 is 4.90 Å². The van der Waals surface area contributed by atoms with Crippen molar-refractivity contribution in [2.45, 2.75) is 11.2 Å². The highest BCUT2D eigenvalue weighted by Crippen LogP contribution is 2.29. The molecule has 2 rings (SSSR count). The SMILES string of the molecule is O=C1C(Br)CCN1c1cc(Br)ccc1F. The van der Waals surface area contributed by atoms with E-state index < -0.39 is 0 Å². The molecular weight excluding hydrogens is 329 g/mol. The van der Waals surface area contributed by atoms with Crippen molar-refractivity contribution in [3.8, 4) is 0 Å². The molecule has 2 nitrogen and oxygen atoms in total. The molecule has 0 saturated carbocycles. The maximum absolute atomic E-state index is 13.5. The second-order valence-electron chi connectivity index (χ2n) is 3.34. The summed E-state index contributed by atoms with van der Waals surface area (Å²) in [5.41, 5.74) is 0.344.